The lowest BCUT2D eigenvalue weighted by molar-refractivity contribution is -0.0928. The van der Waals surface area contributed by atoms with Crippen molar-refractivity contribution in [1.82, 2.24) is 0 Å². The van der Waals surface area contributed by atoms with Gasteiger partial charge in [-0.15, -0.1) is 0 Å². The van der Waals surface area contributed by atoms with Gasteiger partial charge >= 0.3 is 0 Å². The van der Waals surface area contributed by atoms with Gasteiger partial charge in [-0.25, -0.2) is 0 Å². The molecule has 1 heterocycles. The fourth-order valence-electron chi connectivity index (χ4n) is 3.12. The van der Waals surface area contributed by atoms with Gasteiger partial charge in [0.25, 0.3) is 0 Å². The quantitative estimate of drug-likeness (QED) is 0.541. The van der Waals surface area contributed by atoms with Gasteiger partial charge in [-0.2, -0.15) is 0 Å². The Morgan fingerprint density at radius 1 is 1.25 bits per heavy atom. The first-order valence-corrected chi connectivity index (χ1v) is 5.22. The molecule has 2 fully saturated rings. The molecule has 3 aliphatic rings. The van der Waals surface area contributed by atoms with Crippen molar-refractivity contribution in [3.63, 3.8) is 0 Å². The number of hydrogen-bond donors (Lipinski definition) is 0. The molecule has 66 valence electrons. The maximum atomic E-state index is 5.60. The molecule has 12 heavy (non-hydrogen) atoms. The van der Waals surface area contributed by atoms with Crippen molar-refractivity contribution in [3.05, 3.63) is 12.2 Å². The minimum absolute atomic E-state index is 0.639. The SMILES string of the molecule is C1=CC2CC(C1)C(C1CCO1)C2. The number of hydrogen-bond acceptors (Lipinski definition) is 1. The van der Waals surface area contributed by atoms with Crippen molar-refractivity contribution in [1.29, 1.82) is 0 Å². The molecular formula is C11H16O. The van der Waals surface area contributed by atoms with E-state index in [1.54, 1.807) is 0 Å². The lowest BCUT2D eigenvalue weighted by Crippen LogP contribution is -2.36. The van der Waals surface area contributed by atoms with Gasteiger partial charge < -0.3 is 4.74 Å². The summed E-state index contributed by atoms with van der Waals surface area (Å²) in [6.45, 7) is 1.02. The van der Waals surface area contributed by atoms with Crippen molar-refractivity contribution in [2.75, 3.05) is 6.61 Å². The Balaban J connectivity index is 1.74. The fraction of sp³-hybridized carbons (Fsp3) is 0.818. The zero-order valence-corrected chi connectivity index (χ0v) is 7.41. The first-order valence-electron chi connectivity index (χ1n) is 5.22. The third-order valence-corrected chi connectivity index (χ3v) is 3.84. The van der Waals surface area contributed by atoms with Crippen LogP contribution in [0.1, 0.15) is 25.7 Å². The standard InChI is InChI=1S/C11H16O/c1-2-8-6-9(3-1)10(7-8)11-4-5-12-11/h1-2,8-11H,3-7H2. The van der Waals surface area contributed by atoms with Crippen LogP contribution in [-0.2, 0) is 4.74 Å². The average molecular weight is 164 g/mol. The van der Waals surface area contributed by atoms with Crippen LogP contribution < -0.4 is 0 Å². The van der Waals surface area contributed by atoms with Crippen LogP contribution in [0.2, 0.25) is 0 Å². The predicted octanol–water partition coefficient (Wildman–Crippen LogP) is 2.38. The Morgan fingerprint density at radius 2 is 2.17 bits per heavy atom. The molecule has 4 unspecified atom stereocenters. The number of allylic oxidation sites excluding steroid dienone is 2. The minimum atomic E-state index is 0.639. The third-order valence-electron chi connectivity index (χ3n) is 3.84. The van der Waals surface area contributed by atoms with Gasteiger partial charge in [0.15, 0.2) is 0 Å². The monoisotopic (exact) mass is 164 g/mol. The van der Waals surface area contributed by atoms with Gasteiger partial charge in [0, 0.05) is 6.61 Å². The van der Waals surface area contributed by atoms with Gasteiger partial charge in [-0.3, -0.25) is 0 Å². The molecule has 1 aliphatic heterocycles. The summed E-state index contributed by atoms with van der Waals surface area (Å²) < 4.78 is 5.60. The average Bonchev–Trinajstić information content (AvgIpc) is 2.25. The van der Waals surface area contributed by atoms with Crippen LogP contribution in [0.5, 0.6) is 0 Å². The molecule has 0 aromatic carbocycles. The molecule has 1 heteroatoms. The van der Waals surface area contributed by atoms with Crippen molar-refractivity contribution in [2.45, 2.75) is 31.8 Å². The highest BCUT2D eigenvalue weighted by molar-refractivity contribution is 5.05. The third kappa shape index (κ3) is 0.957. The van der Waals surface area contributed by atoms with Gasteiger partial charge in [0.05, 0.1) is 6.10 Å². The Bertz CT molecular complexity index is 205. The molecule has 2 aliphatic carbocycles. The van der Waals surface area contributed by atoms with Crippen LogP contribution in [-0.4, -0.2) is 12.7 Å². The summed E-state index contributed by atoms with van der Waals surface area (Å²) in [4.78, 5) is 0. The van der Waals surface area contributed by atoms with E-state index >= 15 is 0 Å². The second-order valence-corrected chi connectivity index (χ2v) is 4.52. The highest BCUT2D eigenvalue weighted by Gasteiger charge is 2.41. The fourth-order valence-corrected chi connectivity index (χ4v) is 3.12. The van der Waals surface area contributed by atoms with Gasteiger partial charge in [-0.1, -0.05) is 12.2 Å². The van der Waals surface area contributed by atoms with Crippen LogP contribution in [0.25, 0.3) is 0 Å². The largest absolute Gasteiger partial charge is 0.378 e. The molecule has 1 nitrogen and oxygen atoms in total. The lowest BCUT2D eigenvalue weighted by Gasteiger charge is -2.34. The molecule has 0 aromatic rings. The first kappa shape index (κ1) is 7.14. The molecule has 2 bridgehead atoms. The molecule has 0 spiro atoms. The molecule has 0 radical (unpaired) electrons. The van der Waals surface area contributed by atoms with Crippen molar-refractivity contribution in [3.8, 4) is 0 Å². The van der Waals surface area contributed by atoms with E-state index in [-0.39, 0.29) is 0 Å². The van der Waals surface area contributed by atoms with Crippen LogP contribution in [0.4, 0.5) is 0 Å². The molecule has 1 saturated carbocycles. The van der Waals surface area contributed by atoms with E-state index in [0.717, 1.165) is 24.4 Å². The summed E-state index contributed by atoms with van der Waals surface area (Å²) in [5.41, 5.74) is 0. The summed E-state index contributed by atoms with van der Waals surface area (Å²) in [7, 11) is 0. The van der Waals surface area contributed by atoms with Crippen LogP contribution in [0, 0.1) is 17.8 Å². The smallest absolute Gasteiger partial charge is 0.0628 e. The number of fused-ring (bicyclic) bond motifs is 2. The summed E-state index contributed by atoms with van der Waals surface area (Å²) in [5.74, 6) is 2.77. The molecule has 0 N–H and O–H groups in total. The topological polar surface area (TPSA) is 9.23 Å². The second-order valence-electron chi connectivity index (χ2n) is 4.52. The van der Waals surface area contributed by atoms with Gasteiger partial charge in [0.2, 0.25) is 0 Å². The van der Waals surface area contributed by atoms with E-state index in [0.29, 0.717) is 6.10 Å². The van der Waals surface area contributed by atoms with Crippen molar-refractivity contribution >= 4 is 0 Å². The summed E-state index contributed by atoms with van der Waals surface area (Å²) in [5, 5.41) is 0. The zero-order chi connectivity index (χ0) is 7.97. The highest BCUT2D eigenvalue weighted by atomic mass is 16.5. The van der Waals surface area contributed by atoms with Crippen molar-refractivity contribution < 1.29 is 4.74 Å². The van der Waals surface area contributed by atoms with Gasteiger partial charge in [0.1, 0.15) is 0 Å². The minimum Gasteiger partial charge on any atom is -0.378 e. The van der Waals surface area contributed by atoms with E-state index in [4.69, 9.17) is 4.74 Å². The van der Waals surface area contributed by atoms with Crippen LogP contribution in [0.15, 0.2) is 12.2 Å². The Hall–Kier alpha value is -0.300. The molecule has 3 rings (SSSR count). The summed E-state index contributed by atoms with van der Waals surface area (Å²) in [6, 6.07) is 0. The van der Waals surface area contributed by atoms with E-state index in [2.05, 4.69) is 12.2 Å². The molecule has 0 aromatic heterocycles. The molecule has 4 atom stereocenters. The Labute approximate surface area is 73.8 Å². The number of rotatable bonds is 1. The van der Waals surface area contributed by atoms with E-state index in [1.807, 2.05) is 0 Å². The van der Waals surface area contributed by atoms with E-state index in [1.165, 1.54) is 25.7 Å². The Morgan fingerprint density at radius 3 is 2.83 bits per heavy atom. The molecule has 0 amide bonds. The van der Waals surface area contributed by atoms with E-state index in [9.17, 15) is 0 Å². The van der Waals surface area contributed by atoms with Crippen LogP contribution >= 0.6 is 0 Å². The first-order chi connectivity index (χ1) is 5.93. The zero-order valence-electron chi connectivity index (χ0n) is 7.41. The van der Waals surface area contributed by atoms with E-state index < -0.39 is 0 Å². The Kier molecular flexibility index (Phi) is 1.54. The predicted molar refractivity (Wildman–Crippen MR) is 47.8 cm³/mol. The maximum Gasteiger partial charge on any atom is 0.0628 e. The van der Waals surface area contributed by atoms with Crippen molar-refractivity contribution in [2.24, 2.45) is 17.8 Å². The summed E-state index contributed by atoms with van der Waals surface area (Å²) >= 11 is 0. The number of ether oxygens (including phenoxy) is 1. The highest BCUT2D eigenvalue weighted by Crippen LogP contribution is 2.46. The maximum absolute atomic E-state index is 5.60. The lowest BCUT2D eigenvalue weighted by atomic mass is 9.85. The van der Waals surface area contributed by atoms with Gasteiger partial charge in [-0.05, 0) is 43.4 Å². The second kappa shape index (κ2) is 2.59. The molecule has 1 saturated heterocycles. The molecular weight excluding hydrogens is 148 g/mol. The normalized spacial score (nSPS) is 50.7. The summed E-state index contributed by atoms with van der Waals surface area (Å²) in [6.07, 6.45) is 11.0. The van der Waals surface area contributed by atoms with Crippen LogP contribution in [0.3, 0.4) is 0 Å².